The van der Waals surface area contributed by atoms with Crippen molar-refractivity contribution in [2.24, 2.45) is 0 Å². The maximum absolute atomic E-state index is 4.51. The van der Waals surface area contributed by atoms with E-state index in [1.807, 2.05) is 10.7 Å². The van der Waals surface area contributed by atoms with E-state index >= 15 is 0 Å². The van der Waals surface area contributed by atoms with Crippen molar-refractivity contribution in [3.63, 3.8) is 0 Å². The van der Waals surface area contributed by atoms with Crippen LogP contribution in [0.15, 0.2) is 18.6 Å². The number of hydrogen-bond donors (Lipinski definition) is 1. The maximum atomic E-state index is 4.51. The van der Waals surface area contributed by atoms with Crippen LogP contribution in [0.4, 0.5) is 5.82 Å². The molecule has 0 aromatic carbocycles. The van der Waals surface area contributed by atoms with Crippen LogP contribution in [0.2, 0.25) is 0 Å². The van der Waals surface area contributed by atoms with Crippen LogP contribution in [0.3, 0.4) is 0 Å². The average molecular weight is 357 g/mol. The third-order valence-corrected chi connectivity index (χ3v) is 6.29. The lowest BCUT2D eigenvalue weighted by Gasteiger charge is -2.43. The Hall–Kier alpha value is -1.66. The number of rotatable bonds is 4. The third kappa shape index (κ3) is 3.58. The molecule has 0 atom stereocenters. The van der Waals surface area contributed by atoms with Crippen molar-refractivity contribution in [3.8, 4) is 0 Å². The smallest absolute Gasteiger partial charge is 0.154 e. The number of fused-ring (bicyclic) bond motifs is 1. The highest BCUT2D eigenvalue weighted by Crippen LogP contribution is 2.28. The zero-order chi connectivity index (χ0) is 18.1. The average Bonchev–Trinajstić information content (AvgIpc) is 3.05. The number of nitrogens with zero attached hydrogens (tertiary/aromatic N) is 5. The Bertz CT molecular complexity index is 723. The van der Waals surface area contributed by atoms with E-state index in [1.165, 1.54) is 57.4 Å². The van der Waals surface area contributed by atoms with Gasteiger partial charge in [-0.05, 0) is 58.1 Å². The molecule has 1 saturated carbocycles. The summed E-state index contributed by atoms with van der Waals surface area (Å²) in [4.78, 5) is 9.84. The van der Waals surface area contributed by atoms with Gasteiger partial charge >= 0.3 is 0 Å². The van der Waals surface area contributed by atoms with Gasteiger partial charge in [0, 0.05) is 50.5 Å². The van der Waals surface area contributed by atoms with Crippen molar-refractivity contribution < 1.29 is 0 Å². The van der Waals surface area contributed by atoms with E-state index in [4.69, 9.17) is 0 Å². The van der Waals surface area contributed by atoms with Crippen molar-refractivity contribution in [1.82, 2.24) is 24.4 Å². The molecule has 0 amide bonds. The Balaban J connectivity index is 1.32. The second-order valence-corrected chi connectivity index (χ2v) is 8.22. The van der Waals surface area contributed by atoms with Gasteiger partial charge < -0.3 is 5.32 Å². The van der Waals surface area contributed by atoms with Crippen LogP contribution < -0.4 is 5.32 Å². The lowest BCUT2D eigenvalue weighted by molar-refractivity contribution is 0.0631. The molecule has 6 heteroatoms. The Morgan fingerprint density at radius 1 is 1.08 bits per heavy atom. The highest BCUT2D eigenvalue weighted by atomic mass is 15.3. The molecule has 0 unspecified atom stereocenters. The monoisotopic (exact) mass is 356 g/mol. The molecule has 26 heavy (non-hydrogen) atoms. The van der Waals surface area contributed by atoms with Crippen molar-refractivity contribution in [1.29, 1.82) is 0 Å². The largest absolute Gasteiger partial charge is 0.365 e. The molecule has 1 saturated heterocycles. The number of aryl methyl sites for hydroxylation is 1. The molecule has 1 aliphatic heterocycles. The van der Waals surface area contributed by atoms with Crippen LogP contribution in [-0.2, 0) is 0 Å². The minimum absolute atomic E-state index is 0.524. The van der Waals surface area contributed by atoms with E-state index in [0.717, 1.165) is 17.4 Å². The standard InChI is InChI=1S/C20H32N6/c1-15(2)24-10-12-25(13-11-24)18-6-4-17(5-7-18)23-20-19-16(3)8-9-26(19)22-14-21-20/h8-9,14-15,17-18H,4-7,10-13H2,1-3H3,(H,21,22,23). The molecule has 0 radical (unpaired) electrons. The summed E-state index contributed by atoms with van der Waals surface area (Å²) in [5, 5.41) is 8.00. The van der Waals surface area contributed by atoms with Crippen LogP contribution in [0.1, 0.15) is 45.1 Å². The number of piperazine rings is 1. The maximum Gasteiger partial charge on any atom is 0.154 e. The number of aromatic nitrogens is 3. The van der Waals surface area contributed by atoms with Crippen molar-refractivity contribution in [2.75, 3.05) is 31.5 Å². The molecular formula is C20H32N6. The number of hydrogen-bond acceptors (Lipinski definition) is 5. The van der Waals surface area contributed by atoms with Crippen LogP contribution in [0.5, 0.6) is 0 Å². The topological polar surface area (TPSA) is 48.7 Å². The molecule has 2 aliphatic rings. The first-order chi connectivity index (χ1) is 12.6. The van der Waals surface area contributed by atoms with Crippen molar-refractivity contribution in [2.45, 2.75) is 64.6 Å². The van der Waals surface area contributed by atoms with Gasteiger partial charge in [0.25, 0.3) is 0 Å². The summed E-state index contributed by atoms with van der Waals surface area (Å²) in [6, 6.07) is 4.07. The molecule has 142 valence electrons. The molecule has 2 aromatic heterocycles. The fourth-order valence-corrected chi connectivity index (χ4v) is 4.61. The van der Waals surface area contributed by atoms with Gasteiger partial charge in [-0.2, -0.15) is 5.10 Å². The fraction of sp³-hybridized carbons (Fsp3) is 0.700. The Labute approximate surface area is 156 Å². The zero-order valence-corrected chi connectivity index (χ0v) is 16.4. The van der Waals surface area contributed by atoms with Crippen LogP contribution >= 0.6 is 0 Å². The molecule has 4 rings (SSSR count). The van der Waals surface area contributed by atoms with Gasteiger partial charge in [0.2, 0.25) is 0 Å². The van der Waals surface area contributed by atoms with Crippen LogP contribution in [0, 0.1) is 6.92 Å². The molecule has 0 bridgehead atoms. The quantitative estimate of drug-likeness (QED) is 0.913. The number of nitrogens with one attached hydrogen (secondary N) is 1. The normalized spacial score (nSPS) is 25.8. The summed E-state index contributed by atoms with van der Waals surface area (Å²) in [6.45, 7) is 11.7. The molecule has 2 aromatic rings. The van der Waals surface area contributed by atoms with Crippen LogP contribution in [0.25, 0.3) is 5.52 Å². The highest BCUT2D eigenvalue weighted by molar-refractivity contribution is 5.71. The lowest BCUT2D eigenvalue weighted by atomic mass is 9.89. The van der Waals surface area contributed by atoms with Crippen molar-refractivity contribution >= 4 is 11.3 Å². The summed E-state index contributed by atoms with van der Waals surface area (Å²) in [5.74, 6) is 0.983. The zero-order valence-electron chi connectivity index (χ0n) is 16.4. The van der Waals surface area contributed by atoms with Gasteiger partial charge in [-0.1, -0.05) is 0 Å². The van der Waals surface area contributed by atoms with E-state index in [9.17, 15) is 0 Å². The predicted molar refractivity (Wildman–Crippen MR) is 106 cm³/mol. The first-order valence-electron chi connectivity index (χ1n) is 10.2. The van der Waals surface area contributed by atoms with Gasteiger partial charge in [-0.3, -0.25) is 9.80 Å². The Kier molecular flexibility index (Phi) is 5.14. The van der Waals surface area contributed by atoms with Crippen molar-refractivity contribution in [3.05, 3.63) is 24.2 Å². The molecule has 1 N–H and O–H groups in total. The minimum atomic E-state index is 0.524. The van der Waals surface area contributed by atoms with E-state index in [2.05, 4.69) is 52.0 Å². The summed E-state index contributed by atoms with van der Waals surface area (Å²) >= 11 is 0. The van der Waals surface area contributed by atoms with E-state index in [0.29, 0.717) is 12.1 Å². The molecule has 6 nitrogen and oxygen atoms in total. The third-order valence-electron chi connectivity index (χ3n) is 6.29. The summed E-state index contributed by atoms with van der Waals surface area (Å²) < 4.78 is 1.92. The molecule has 2 fully saturated rings. The number of anilines is 1. The molecule has 0 spiro atoms. The lowest BCUT2D eigenvalue weighted by Crippen LogP contribution is -2.53. The second-order valence-electron chi connectivity index (χ2n) is 8.22. The van der Waals surface area contributed by atoms with Gasteiger partial charge in [-0.25, -0.2) is 9.50 Å². The summed E-state index contributed by atoms with van der Waals surface area (Å²) in [7, 11) is 0. The van der Waals surface area contributed by atoms with Gasteiger partial charge in [0.05, 0.1) is 0 Å². The Morgan fingerprint density at radius 2 is 1.81 bits per heavy atom. The van der Waals surface area contributed by atoms with Crippen LogP contribution in [-0.4, -0.2) is 68.7 Å². The van der Waals surface area contributed by atoms with Gasteiger partial charge in [0.1, 0.15) is 11.8 Å². The first kappa shape index (κ1) is 17.7. The fourth-order valence-electron chi connectivity index (χ4n) is 4.61. The summed E-state index contributed by atoms with van der Waals surface area (Å²) in [6.07, 6.45) is 8.69. The molecule has 3 heterocycles. The Morgan fingerprint density at radius 3 is 2.50 bits per heavy atom. The SMILES string of the molecule is Cc1ccn2ncnc(NC3CCC(N4CCN(C(C)C)CC4)CC3)c12. The highest BCUT2D eigenvalue weighted by Gasteiger charge is 2.29. The first-order valence-corrected chi connectivity index (χ1v) is 10.2. The second kappa shape index (κ2) is 7.53. The van der Waals surface area contributed by atoms with Gasteiger partial charge in [-0.15, -0.1) is 0 Å². The van der Waals surface area contributed by atoms with E-state index in [-0.39, 0.29) is 0 Å². The summed E-state index contributed by atoms with van der Waals surface area (Å²) in [5.41, 5.74) is 2.34. The van der Waals surface area contributed by atoms with E-state index in [1.54, 1.807) is 6.33 Å². The molecular weight excluding hydrogens is 324 g/mol. The van der Waals surface area contributed by atoms with Gasteiger partial charge in [0.15, 0.2) is 5.82 Å². The van der Waals surface area contributed by atoms with E-state index < -0.39 is 0 Å². The predicted octanol–water partition coefficient (Wildman–Crippen LogP) is 2.79. The minimum Gasteiger partial charge on any atom is -0.365 e. The molecule has 1 aliphatic carbocycles.